The highest BCUT2D eigenvalue weighted by atomic mass is 16.5. The lowest BCUT2D eigenvalue weighted by Crippen LogP contribution is -2.45. The summed E-state index contributed by atoms with van der Waals surface area (Å²) in [6, 6.07) is 18.6. The van der Waals surface area contributed by atoms with Crippen LogP contribution in [0.5, 0.6) is 0 Å². The number of esters is 2. The summed E-state index contributed by atoms with van der Waals surface area (Å²) in [7, 11) is 2.72. The fourth-order valence-corrected chi connectivity index (χ4v) is 4.22. The van der Waals surface area contributed by atoms with Gasteiger partial charge in [-0.3, -0.25) is 9.59 Å². The molecule has 4 heteroatoms. The number of fused-ring (bicyclic) bond motifs is 3. The Morgan fingerprint density at radius 2 is 1.46 bits per heavy atom. The molecule has 0 bridgehead atoms. The van der Waals surface area contributed by atoms with Gasteiger partial charge in [-0.1, -0.05) is 54.6 Å². The number of hydrogen-bond donors (Lipinski definition) is 0. The van der Waals surface area contributed by atoms with Crippen LogP contribution in [0.2, 0.25) is 0 Å². The van der Waals surface area contributed by atoms with Crippen LogP contribution in [-0.4, -0.2) is 26.2 Å². The Labute approximate surface area is 151 Å². The van der Waals surface area contributed by atoms with E-state index in [-0.39, 0.29) is 17.9 Å². The van der Waals surface area contributed by atoms with Crippen LogP contribution in [0.25, 0.3) is 21.5 Å². The number of carbonyl (C=O) groups is 2. The van der Waals surface area contributed by atoms with Crippen molar-refractivity contribution in [2.45, 2.75) is 12.3 Å². The van der Waals surface area contributed by atoms with E-state index in [0.717, 1.165) is 21.7 Å². The summed E-state index contributed by atoms with van der Waals surface area (Å²) in [6.45, 7) is 0. The Balaban J connectivity index is 1.87. The summed E-state index contributed by atoms with van der Waals surface area (Å²) >= 11 is 0. The molecule has 0 N–H and O–H groups in total. The van der Waals surface area contributed by atoms with E-state index in [1.807, 2.05) is 24.3 Å². The zero-order valence-corrected chi connectivity index (χ0v) is 14.8. The molecule has 0 spiro atoms. The van der Waals surface area contributed by atoms with Crippen LogP contribution in [0.15, 0.2) is 54.6 Å². The minimum absolute atomic E-state index is 0.0546. The molecule has 0 aromatic heterocycles. The van der Waals surface area contributed by atoms with Gasteiger partial charge in [-0.25, -0.2) is 0 Å². The second-order valence-corrected chi connectivity index (χ2v) is 6.75. The van der Waals surface area contributed by atoms with Crippen LogP contribution in [0.3, 0.4) is 0 Å². The van der Waals surface area contributed by atoms with E-state index in [0.29, 0.717) is 6.42 Å². The maximum atomic E-state index is 12.4. The summed E-state index contributed by atoms with van der Waals surface area (Å²) in [5.41, 5.74) is 1.09. The maximum Gasteiger partial charge on any atom is 0.310 e. The van der Waals surface area contributed by atoms with Gasteiger partial charge in [-0.05, 0) is 39.4 Å². The Morgan fingerprint density at radius 1 is 0.846 bits per heavy atom. The third kappa shape index (κ3) is 2.45. The Kier molecular flexibility index (Phi) is 4.11. The zero-order chi connectivity index (χ0) is 18.3. The van der Waals surface area contributed by atoms with Gasteiger partial charge in [-0.15, -0.1) is 0 Å². The van der Waals surface area contributed by atoms with Crippen molar-refractivity contribution >= 4 is 33.5 Å². The molecule has 1 saturated carbocycles. The van der Waals surface area contributed by atoms with Gasteiger partial charge in [0.15, 0.2) is 0 Å². The van der Waals surface area contributed by atoms with E-state index in [9.17, 15) is 9.59 Å². The van der Waals surface area contributed by atoms with Crippen LogP contribution in [-0.2, 0) is 19.1 Å². The molecule has 3 atom stereocenters. The van der Waals surface area contributed by atoms with Crippen LogP contribution < -0.4 is 0 Å². The number of rotatable bonds is 3. The van der Waals surface area contributed by atoms with Gasteiger partial charge in [0.2, 0.25) is 0 Å². The molecule has 26 heavy (non-hydrogen) atoms. The van der Waals surface area contributed by atoms with Gasteiger partial charge in [0.25, 0.3) is 0 Å². The minimum atomic E-state index is -0.503. The smallest absolute Gasteiger partial charge is 0.310 e. The fourth-order valence-electron chi connectivity index (χ4n) is 4.22. The van der Waals surface area contributed by atoms with E-state index in [1.165, 1.54) is 19.6 Å². The predicted molar refractivity (Wildman–Crippen MR) is 99.8 cm³/mol. The molecule has 1 aliphatic carbocycles. The molecule has 0 radical (unpaired) electrons. The van der Waals surface area contributed by atoms with Crippen LogP contribution in [0.1, 0.15) is 17.9 Å². The quantitative estimate of drug-likeness (QED) is 0.529. The highest BCUT2D eigenvalue weighted by molar-refractivity contribution is 6.09. The average Bonchev–Trinajstić information content (AvgIpc) is 2.67. The number of methoxy groups -OCH3 is 2. The Hall–Kier alpha value is -2.88. The molecular weight excluding hydrogens is 328 g/mol. The van der Waals surface area contributed by atoms with E-state index in [2.05, 4.69) is 30.3 Å². The third-order valence-electron chi connectivity index (χ3n) is 5.55. The van der Waals surface area contributed by atoms with Gasteiger partial charge in [0, 0.05) is 0 Å². The van der Waals surface area contributed by atoms with Crippen LogP contribution >= 0.6 is 0 Å². The first kappa shape index (κ1) is 16.6. The summed E-state index contributed by atoms with van der Waals surface area (Å²) in [5, 5.41) is 4.59. The Morgan fingerprint density at radius 3 is 2.15 bits per heavy atom. The van der Waals surface area contributed by atoms with Crippen molar-refractivity contribution < 1.29 is 19.1 Å². The predicted octanol–water partition coefficient (Wildman–Crippen LogP) is 4.06. The van der Waals surface area contributed by atoms with Gasteiger partial charge >= 0.3 is 11.9 Å². The molecule has 4 nitrogen and oxygen atoms in total. The first-order valence-electron chi connectivity index (χ1n) is 8.71. The van der Waals surface area contributed by atoms with Crippen molar-refractivity contribution in [2.24, 2.45) is 11.8 Å². The second kappa shape index (κ2) is 6.45. The molecule has 0 saturated heterocycles. The molecule has 0 amide bonds. The van der Waals surface area contributed by atoms with Crippen molar-refractivity contribution in [3.63, 3.8) is 0 Å². The first-order valence-corrected chi connectivity index (χ1v) is 8.71. The number of hydrogen-bond acceptors (Lipinski definition) is 4. The topological polar surface area (TPSA) is 52.6 Å². The lowest BCUT2D eigenvalue weighted by molar-refractivity contribution is -0.166. The second-order valence-electron chi connectivity index (χ2n) is 6.75. The van der Waals surface area contributed by atoms with Crippen LogP contribution in [0.4, 0.5) is 0 Å². The highest BCUT2D eigenvalue weighted by Gasteiger charge is 2.51. The molecule has 0 heterocycles. The van der Waals surface area contributed by atoms with Crippen molar-refractivity contribution in [2.75, 3.05) is 14.2 Å². The van der Waals surface area contributed by atoms with E-state index >= 15 is 0 Å². The zero-order valence-electron chi connectivity index (χ0n) is 14.8. The van der Waals surface area contributed by atoms with E-state index in [4.69, 9.17) is 9.47 Å². The fraction of sp³-hybridized carbons (Fsp3) is 0.273. The lowest BCUT2D eigenvalue weighted by Gasteiger charge is -2.41. The lowest BCUT2D eigenvalue weighted by atomic mass is 9.61. The van der Waals surface area contributed by atoms with Crippen molar-refractivity contribution in [3.05, 3.63) is 60.2 Å². The average molecular weight is 348 g/mol. The molecule has 1 fully saturated rings. The standard InChI is InChI=1S/C22H20O4/c1-25-21(23)19-12-18(20(19)22(24)26-2)17-11-13-7-3-4-8-14(13)15-9-5-6-10-16(15)17/h3-11,18-20H,12H2,1-2H3. The molecule has 132 valence electrons. The van der Waals surface area contributed by atoms with Crippen molar-refractivity contribution in [3.8, 4) is 0 Å². The largest absolute Gasteiger partial charge is 0.469 e. The summed E-state index contributed by atoms with van der Waals surface area (Å²) in [6.07, 6.45) is 0.592. The summed E-state index contributed by atoms with van der Waals surface area (Å²) < 4.78 is 9.86. The van der Waals surface area contributed by atoms with E-state index < -0.39 is 11.8 Å². The van der Waals surface area contributed by atoms with Crippen molar-refractivity contribution in [1.82, 2.24) is 0 Å². The monoisotopic (exact) mass is 348 g/mol. The molecule has 3 aromatic carbocycles. The number of carbonyl (C=O) groups excluding carboxylic acids is 2. The maximum absolute atomic E-state index is 12.4. The van der Waals surface area contributed by atoms with Gasteiger partial charge < -0.3 is 9.47 Å². The summed E-state index contributed by atoms with van der Waals surface area (Å²) in [4.78, 5) is 24.4. The minimum Gasteiger partial charge on any atom is -0.469 e. The van der Waals surface area contributed by atoms with Gasteiger partial charge in [0.1, 0.15) is 0 Å². The van der Waals surface area contributed by atoms with Gasteiger partial charge in [0.05, 0.1) is 26.1 Å². The van der Waals surface area contributed by atoms with E-state index in [1.54, 1.807) is 0 Å². The SMILES string of the molecule is COC(=O)C1CC(c2cc3ccccc3c3ccccc23)C1C(=O)OC. The third-order valence-corrected chi connectivity index (χ3v) is 5.55. The normalized spacial score (nSPS) is 22.0. The molecule has 3 aromatic rings. The number of benzene rings is 3. The summed E-state index contributed by atoms with van der Waals surface area (Å²) in [5.74, 6) is -1.70. The molecule has 0 aliphatic heterocycles. The molecule has 4 rings (SSSR count). The van der Waals surface area contributed by atoms with Crippen LogP contribution in [0, 0.1) is 11.8 Å². The highest BCUT2D eigenvalue weighted by Crippen LogP contribution is 2.51. The first-order chi connectivity index (χ1) is 12.7. The molecule has 1 aliphatic rings. The Bertz CT molecular complexity index is 1010. The molecular formula is C22H20O4. The molecule has 3 unspecified atom stereocenters. The van der Waals surface area contributed by atoms with Crippen molar-refractivity contribution in [1.29, 1.82) is 0 Å². The van der Waals surface area contributed by atoms with Gasteiger partial charge in [-0.2, -0.15) is 0 Å². The number of ether oxygens (including phenoxy) is 2.